The number of hydrogen-bond donors (Lipinski definition) is 0. The van der Waals surface area contributed by atoms with E-state index in [0.717, 1.165) is 6.07 Å². The lowest BCUT2D eigenvalue weighted by atomic mass is 10.2. The average molecular weight is 272 g/mol. The predicted molar refractivity (Wildman–Crippen MR) is 49.3 cm³/mol. The van der Waals surface area contributed by atoms with E-state index < -0.39 is 11.1 Å². The quantitative estimate of drug-likeness (QED) is 0.713. The predicted octanol–water partition coefficient (Wildman–Crippen LogP) is 3.62. The minimum atomic E-state index is -0.898. The molecule has 0 saturated carbocycles. The summed E-state index contributed by atoms with van der Waals surface area (Å²) in [5, 5.41) is -0.896. The first-order chi connectivity index (χ1) is 5.52. The van der Waals surface area contributed by atoms with E-state index in [1.165, 1.54) is 6.07 Å². The van der Waals surface area contributed by atoms with E-state index in [1.807, 2.05) is 0 Å². The van der Waals surface area contributed by atoms with Crippen LogP contribution in [0, 0.1) is 5.82 Å². The van der Waals surface area contributed by atoms with Gasteiger partial charge in [-0.2, -0.15) is 0 Å². The molecule has 0 aliphatic carbocycles. The number of halogens is 4. The van der Waals surface area contributed by atoms with Crippen LogP contribution in [0.4, 0.5) is 4.39 Å². The van der Waals surface area contributed by atoms with Crippen LogP contribution >= 0.6 is 39.1 Å². The van der Waals surface area contributed by atoms with Crippen molar-refractivity contribution in [1.82, 2.24) is 0 Å². The summed E-state index contributed by atoms with van der Waals surface area (Å²) in [5.41, 5.74) is -0.290. The molecule has 0 aromatic heterocycles. The normalized spacial score (nSPS) is 10.0. The van der Waals surface area contributed by atoms with Crippen molar-refractivity contribution in [1.29, 1.82) is 0 Å². The van der Waals surface area contributed by atoms with E-state index in [4.69, 9.17) is 23.2 Å². The van der Waals surface area contributed by atoms with Gasteiger partial charge < -0.3 is 0 Å². The molecule has 0 saturated heterocycles. The van der Waals surface area contributed by atoms with Crippen LogP contribution < -0.4 is 0 Å². The maximum absolute atomic E-state index is 12.9. The minimum Gasteiger partial charge on any atom is -0.275 e. The molecule has 1 rings (SSSR count). The van der Waals surface area contributed by atoms with E-state index >= 15 is 0 Å². The molecule has 1 aromatic rings. The molecule has 0 aliphatic rings. The molecule has 64 valence electrons. The van der Waals surface area contributed by atoms with Crippen LogP contribution in [-0.2, 0) is 0 Å². The number of rotatable bonds is 1. The summed E-state index contributed by atoms with van der Waals surface area (Å²) in [6.07, 6.45) is 0. The van der Waals surface area contributed by atoms with Gasteiger partial charge in [0.1, 0.15) is 5.82 Å². The van der Waals surface area contributed by atoms with Crippen molar-refractivity contribution in [2.45, 2.75) is 0 Å². The molecule has 0 N–H and O–H groups in total. The van der Waals surface area contributed by atoms with Gasteiger partial charge in [-0.25, -0.2) is 4.39 Å². The minimum absolute atomic E-state index is 0.00174. The third-order valence-corrected chi connectivity index (χ3v) is 2.15. The summed E-state index contributed by atoms with van der Waals surface area (Å²) in [6.45, 7) is 0. The van der Waals surface area contributed by atoms with Crippen LogP contribution in [0.25, 0.3) is 0 Å². The lowest BCUT2D eigenvalue weighted by molar-refractivity contribution is 0.107. The third-order valence-electron chi connectivity index (χ3n) is 1.20. The molecule has 1 aromatic carbocycles. The molecule has 5 heteroatoms. The lowest BCUT2D eigenvalue weighted by Gasteiger charge is -2.00. The first kappa shape index (κ1) is 9.96. The van der Waals surface area contributed by atoms with Crippen LogP contribution in [0.1, 0.15) is 10.4 Å². The highest BCUT2D eigenvalue weighted by Crippen LogP contribution is 2.25. The second kappa shape index (κ2) is 3.73. The van der Waals surface area contributed by atoms with Crippen LogP contribution in [0.3, 0.4) is 0 Å². The van der Waals surface area contributed by atoms with E-state index in [0.29, 0.717) is 4.47 Å². The van der Waals surface area contributed by atoms with Gasteiger partial charge in [-0.3, -0.25) is 4.79 Å². The summed E-state index contributed by atoms with van der Waals surface area (Å²) in [4.78, 5) is 10.6. The Hall–Kier alpha value is -0.120. The van der Waals surface area contributed by atoms with Gasteiger partial charge >= 0.3 is 0 Å². The van der Waals surface area contributed by atoms with Crippen molar-refractivity contribution in [3.63, 3.8) is 0 Å². The molecule has 12 heavy (non-hydrogen) atoms. The van der Waals surface area contributed by atoms with Crippen LogP contribution in [0.15, 0.2) is 16.6 Å². The van der Waals surface area contributed by atoms with Gasteiger partial charge in [0, 0.05) is 4.47 Å². The van der Waals surface area contributed by atoms with Gasteiger partial charge in [0.05, 0.1) is 10.6 Å². The largest absolute Gasteiger partial charge is 0.275 e. The Balaban J connectivity index is 3.38. The molecule has 0 bridgehead atoms. The van der Waals surface area contributed by atoms with E-state index in [2.05, 4.69) is 15.9 Å². The van der Waals surface area contributed by atoms with Crippen molar-refractivity contribution in [3.8, 4) is 0 Å². The Morgan fingerprint density at radius 1 is 1.50 bits per heavy atom. The molecule has 0 spiro atoms. The summed E-state index contributed by atoms with van der Waals surface area (Å²) >= 11 is 13.7. The van der Waals surface area contributed by atoms with Gasteiger partial charge in [-0.05, 0) is 23.7 Å². The zero-order valence-corrected chi connectivity index (χ0v) is 8.67. The van der Waals surface area contributed by atoms with E-state index in [1.54, 1.807) is 0 Å². The zero-order valence-electron chi connectivity index (χ0n) is 5.57. The van der Waals surface area contributed by atoms with Crippen molar-refractivity contribution < 1.29 is 9.18 Å². The smallest absolute Gasteiger partial charge is 0.256 e. The molecule has 0 fully saturated rings. The molecular formula is C7H2BrCl2FO. The SMILES string of the molecule is O=C(Cl)c1c(F)cc(Br)cc1Cl. The third kappa shape index (κ3) is 1.97. The Morgan fingerprint density at radius 3 is 2.50 bits per heavy atom. The van der Waals surface area contributed by atoms with Crippen LogP contribution in [0.5, 0.6) is 0 Å². The number of carbonyl (C=O) groups excluding carboxylic acids is 1. The molecule has 0 radical (unpaired) electrons. The Morgan fingerprint density at radius 2 is 2.08 bits per heavy atom. The number of carbonyl (C=O) groups is 1. The summed E-state index contributed by atoms with van der Waals surface area (Å²) in [5.74, 6) is -0.727. The van der Waals surface area contributed by atoms with E-state index in [9.17, 15) is 9.18 Å². The average Bonchev–Trinajstić information content (AvgIpc) is 1.82. The lowest BCUT2D eigenvalue weighted by Crippen LogP contribution is -1.95. The highest BCUT2D eigenvalue weighted by Gasteiger charge is 2.14. The fourth-order valence-electron chi connectivity index (χ4n) is 0.730. The summed E-state index contributed by atoms with van der Waals surface area (Å²) in [6, 6.07) is 2.53. The van der Waals surface area contributed by atoms with Gasteiger partial charge in [-0.1, -0.05) is 27.5 Å². The van der Waals surface area contributed by atoms with Gasteiger partial charge in [0.15, 0.2) is 0 Å². The fraction of sp³-hybridized carbons (Fsp3) is 0. The topological polar surface area (TPSA) is 17.1 Å². The number of hydrogen-bond acceptors (Lipinski definition) is 1. The molecule has 0 aliphatic heterocycles. The van der Waals surface area contributed by atoms with Gasteiger partial charge in [-0.15, -0.1) is 0 Å². The second-order valence-corrected chi connectivity index (χ2v) is 3.68. The highest BCUT2D eigenvalue weighted by molar-refractivity contribution is 9.10. The van der Waals surface area contributed by atoms with Crippen LogP contribution in [-0.4, -0.2) is 5.24 Å². The molecule has 0 atom stereocenters. The highest BCUT2D eigenvalue weighted by atomic mass is 79.9. The molecule has 0 amide bonds. The Bertz CT molecular complexity index is 317. The number of benzene rings is 1. The fourth-order valence-corrected chi connectivity index (χ4v) is 1.83. The summed E-state index contributed by atoms with van der Waals surface area (Å²) < 4.78 is 13.4. The summed E-state index contributed by atoms with van der Waals surface area (Å²) in [7, 11) is 0. The van der Waals surface area contributed by atoms with Crippen molar-refractivity contribution >= 4 is 44.4 Å². The van der Waals surface area contributed by atoms with Gasteiger partial charge in [0.25, 0.3) is 5.24 Å². The van der Waals surface area contributed by atoms with Crippen molar-refractivity contribution in [2.75, 3.05) is 0 Å². The maximum atomic E-state index is 12.9. The standard InChI is InChI=1S/C7H2BrCl2FO/c8-3-1-4(9)6(7(10)12)5(11)2-3/h1-2H. The Labute approximate surface area is 86.6 Å². The van der Waals surface area contributed by atoms with Gasteiger partial charge in [0.2, 0.25) is 0 Å². The van der Waals surface area contributed by atoms with E-state index in [-0.39, 0.29) is 10.6 Å². The van der Waals surface area contributed by atoms with Crippen molar-refractivity contribution in [3.05, 3.63) is 33.0 Å². The van der Waals surface area contributed by atoms with Crippen molar-refractivity contribution in [2.24, 2.45) is 0 Å². The molecule has 0 unspecified atom stereocenters. The monoisotopic (exact) mass is 270 g/mol. The molecule has 1 nitrogen and oxygen atoms in total. The van der Waals surface area contributed by atoms with Crippen LogP contribution in [0.2, 0.25) is 5.02 Å². The Kier molecular flexibility index (Phi) is 3.09. The maximum Gasteiger partial charge on any atom is 0.256 e. The second-order valence-electron chi connectivity index (χ2n) is 2.02. The molecule has 0 heterocycles. The molecular weight excluding hydrogens is 270 g/mol. The first-order valence-electron chi connectivity index (χ1n) is 2.86. The zero-order chi connectivity index (χ0) is 9.30. The first-order valence-corrected chi connectivity index (χ1v) is 4.41.